The van der Waals surface area contributed by atoms with E-state index in [4.69, 9.17) is 0 Å². The molecule has 0 unspecified atom stereocenters. The zero-order chi connectivity index (χ0) is 16.6. The van der Waals surface area contributed by atoms with Crippen molar-refractivity contribution in [3.05, 3.63) is 0 Å². The van der Waals surface area contributed by atoms with Crippen LogP contribution in [-0.4, -0.2) is 68.4 Å². The Hall–Kier alpha value is -1.24. The van der Waals surface area contributed by atoms with Crippen LogP contribution in [0.4, 0.5) is 0 Å². The molecule has 1 N–H and O–H groups in total. The predicted octanol–water partition coefficient (Wildman–Crippen LogP) is 1.80. The van der Waals surface area contributed by atoms with Gasteiger partial charge in [0.05, 0.1) is 6.34 Å². The molecule has 7 heteroatoms. The van der Waals surface area contributed by atoms with Gasteiger partial charge in [-0.2, -0.15) is 0 Å². The van der Waals surface area contributed by atoms with E-state index in [2.05, 4.69) is 9.89 Å². The molecule has 3 saturated heterocycles. The van der Waals surface area contributed by atoms with Crippen LogP contribution >= 0.6 is 11.8 Å². The zero-order valence-electron chi connectivity index (χ0n) is 13.8. The molecular weight excluding hydrogens is 314 g/mol. The Morgan fingerprint density at radius 1 is 1.26 bits per heavy atom. The van der Waals surface area contributed by atoms with Gasteiger partial charge in [-0.25, -0.2) is 4.79 Å². The summed E-state index contributed by atoms with van der Waals surface area (Å²) in [5.41, 5.74) is 0. The lowest BCUT2D eigenvalue weighted by atomic mass is 9.96. The highest BCUT2D eigenvalue weighted by atomic mass is 32.2. The molecule has 3 aliphatic heterocycles. The number of hydrogen-bond donors (Lipinski definition) is 1. The van der Waals surface area contributed by atoms with Gasteiger partial charge >= 0.3 is 5.97 Å². The molecule has 3 aliphatic rings. The molecule has 3 fully saturated rings. The fourth-order valence-corrected chi connectivity index (χ4v) is 5.30. The molecule has 0 aromatic rings. The van der Waals surface area contributed by atoms with Crippen molar-refractivity contribution in [2.24, 2.45) is 4.99 Å². The molecule has 128 valence electrons. The number of hydrogen-bond acceptors (Lipinski definition) is 4. The van der Waals surface area contributed by atoms with Crippen molar-refractivity contribution in [3.63, 3.8) is 0 Å². The number of β-lactam (4-membered cyclic amide) rings is 1. The number of thioether (sulfide) groups is 1. The van der Waals surface area contributed by atoms with Crippen molar-refractivity contribution in [1.82, 2.24) is 9.80 Å². The summed E-state index contributed by atoms with van der Waals surface area (Å²) in [7, 11) is 0. The van der Waals surface area contributed by atoms with Gasteiger partial charge in [-0.15, -0.1) is 11.8 Å². The quantitative estimate of drug-likeness (QED) is 0.482. The predicted molar refractivity (Wildman–Crippen MR) is 90.7 cm³/mol. The lowest BCUT2D eigenvalue weighted by Crippen LogP contribution is -2.65. The van der Waals surface area contributed by atoms with Crippen LogP contribution < -0.4 is 0 Å². The SMILES string of the molecule is CC1(C)S[C@@H]2[C@H](N=CN3CCCCCCC3)C(=O)N2[C@H]1C(=O)O. The van der Waals surface area contributed by atoms with Crippen molar-refractivity contribution in [2.75, 3.05) is 13.1 Å². The average molecular weight is 339 g/mol. The number of aliphatic carboxylic acids is 1. The Labute approximate surface area is 141 Å². The van der Waals surface area contributed by atoms with E-state index in [1.807, 2.05) is 20.2 Å². The first kappa shape index (κ1) is 16.6. The van der Waals surface area contributed by atoms with Crippen LogP contribution in [0.1, 0.15) is 46.0 Å². The molecule has 3 heterocycles. The Kier molecular flexibility index (Phi) is 4.58. The summed E-state index contributed by atoms with van der Waals surface area (Å²) in [6.07, 6.45) is 7.99. The fraction of sp³-hybridized carbons (Fsp3) is 0.812. The van der Waals surface area contributed by atoms with Gasteiger partial charge in [-0.3, -0.25) is 9.79 Å². The first-order valence-electron chi connectivity index (χ1n) is 8.42. The number of carboxylic acids is 1. The van der Waals surface area contributed by atoms with E-state index in [0.717, 1.165) is 13.1 Å². The van der Waals surface area contributed by atoms with Gasteiger partial charge < -0.3 is 14.9 Å². The lowest BCUT2D eigenvalue weighted by molar-refractivity contribution is -0.158. The molecule has 1 amide bonds. The fourth-order valence-electron chi connectivity index (χ4n) is 3.68. The molecule has 23 heavy (non-hydrogen) atoms. The van der Waals surface area contributed by atoms with E-state index in [9.17, 15) is 14.7 Å². The van der Waals surface area contributed by atoms with Crippen molar-refractivity contribution >= 4 is 30.0 Å². The maximum absolute atomic E-state index is 12.4. The second-order valence-corrected chi connectivity index (χ2v) is 8.88. The third-order valence-electron chi connectivity index (χ3n) is 4.93. The van der Waals surface area contributed by atoms with Crippen LogP contribution in [-0.2, 0) is 9.59 Å². The van der Waals surface area contributed by atoms with Gasteiger partial charge in [-0.05, 0) is 26.7 Å². The molecule has 3 rings (SSSR count). The van der Waals surface area contributed by atoms with Crippen LogP contribution in [0.3, 0.4) is 0 Å². The van der Waals surface area contributed by atoms with Crippen molar-refractivity contribution in [2.45, 2.75) is 68.2 Å². The largest absolute Gasteiger partial charge is 0.480 e. The van der Waals surface area contributed by atoms with E-state index in [0.29, 0.717) is 0 Å². The highest BCUT2D eigenvalue weighted by Crippen LogP contribution is 2.51. The van der Waals surface area contributed by atoms with Crippen LogP contribution in [0.2, 0.25) is 0 Å². The minimum atomic E-state index is -0.926. The first-order chi connectivity index (χ1) is 10.9. The number of aliphatic imine (C=N–C) groups is 1. The molecule has 0 aromatic carbocycles. The lowest BCUT2D eigenvalue weighted by Gasteiger charge is -2.41. The zero-order valence-corrected chi connectivity index (χ0v) is 14.6. The normalized spacial score (nSPS) is 34.0. The number of carbonyl (C=O) groups is 2. The minimum Gasteiger partial charge on any atom is -0.480 e. The number of amides is 1. The third kappa shape index (κ3) is 3.07. The number of carboxylic acid groups (broad SMARTS) is 1. The minimum absolute atomic E-state index is 0.135. The molecule has 6 nitrogen and oxygen atoms in total. The number of rotatable bonds is 3. The molecule has 3 atom stereocenters. The number of carbonyl (C=O) groups excluding carboxylic acids is 1. The summed E-state index contributed by atoms with van der Waals surface area (Å²) < 4.78 is -0.475. The summed E-state index contributed by atoms with van der Waals surface area (Å²) in [5, 5.41) is 9.28. The van der Waals surface area contributed by atoms with E-state index < -0.39 is 22.8 Å². The van der Waals surface area contributed by atoms with Gasteiger partial charge in [0, 0.05) is 17.8 Å². The molecule has 0 aliphatic carbocycles. The van der Waals surface area contributed by atoms with Crippen molar-refractivity contribution in [3.8, 4) is 0 Å². The van der Waals surface area contributed by atoms with Gasteiger partial charge in [0.2, 0.25) is 0 Å². The van der Waals surface area contributed by atoms with E-state index in [1.54, 1.807) is 11.8 Å². The van der Waals surface area contributed by atoms with Gasteiger partial charge in [0.25, 0.3) is 5.91 Å². The summed E-state index contributed by atoms with van der Waals surface area (Å²) in [5.74, 6) is -1.08. The Morgan fingerprint density at radius 3 is 2.48 bits per heavy atom. The second kappa shape index (κ2) is 6.34. The maximum Gasteiger partial charge on any atom is 0.327 e. The van der Waals surface area contributed by atoms with Crippen LogP contribution in [0.25, 0.3) is 0 Å². The number of nitrogens with zero attached hydrogens (tertiary/aromatic N) is 3. The van der Waals surface area contributed by atoms with E-state index in [1.165, 1.54) is 37.0 Å². The highest BCUT2D eigenvalue weighted by molar-refractivity contribution is 8.01. The summed E-state index contributed by atoms with van der Waals surface area (Å²) in [6, 6.07) is -1.17. The summed E-state index contributed by atoms with van der Waals surface area (Å²) in [6.45, 7) is 5.77. The molecule has 0 radical (unpaired) electrons. The summed E-state index contributed by atoms with van der Waals surface area (Å²) in [4.78, 5) is 32.0. The summed E-state index contributed by atoms with van der Waals surface area (Å²) >= 11 is 1.55. The molecule has 0 bridgehead atoms. The Bertz CT molecular complexity index is 515. The Balaban J connectivity index is 1.65. The topological polar surface area (TPSA) is 73.2 Å². The monoisotopic (exact) mass is 339 g/mol. The number of fused-ring (bicyclic) bond motifs is 1. The van der Waals surface area contributed by atoms with Crippen molar-refractivity contribution in [1.29, 1.82) is 0 Å². The standard InChI is InChI=1S/C16H25N3O3S/c1-16(2)12(15(21)22)19-13(20)11(14(19)23-16)17-10-18-8-6-4-3-5-7-9-18/h10-12,14H,3-9H2,1-2H3,(H,21,22)/t11-,12+,14-/m1/s1. The molecule has 0 aromatic heterocycles. The Morgan fingerprint density at radius 2 is 1.87 bits per heavy atom. The van der Waals surface area contributed by atoms with Gasteiger partial charge in [0.15, 0.2) is 6.04 Å². The van der Waals surface area contributed by atoms with Crippen LogP contribution in [0, 0.1) is 0 Å². The van der Waals surface area contributed by atoms with Crippen LogP contribution in [0.5, 0.6) is 0 Å². The van der Waals surface area contributed by atoms with Crippen LogP contribution in [0.15, 0.2) is 4.99 Å². The van der Waals surface area contributed by atoms with E-state index in [-0.39, 0.29) is 11.3 Å². The third-order valence-corrected chi connectivity index (χ3v) is 6.49. The molecular formula is C16H25N3O3S. The average Bonchev–Trinajstić information content (AvgIpc) is 2.69. The second-order valence-electron chi connectivity index (χ2n) is 7.11. The van der Waals surface area contributed by atoms with Gasteiger partial charge in [0.1, 0.15) is 11.4 Å². The highest BCUT2D eigenvalue weighted by Gasteiger charge is 2.63. The van der Waals surface area contributed by atoms with Gasteiger partial charge in [-0.1, -0.05) is 19.3 Å². The maximum atomic E-state index is 12.4. The first-order valence-corrected chi connectivity index (χ1v) is 9.30. The smallest absolute Gasteiger partial charge is 0.327 e. The van der Waals surface area contributed by atoms with E-state index >= 15 is 0 Å². The van der Waals surface area contributed by atoms with Crippen molar-refractivity contribution < 1.29 is 14.7 Å². The number of likely N-dealkylation sites (tertiary alicyclic amines) is 1. The molecule has 0 spiro atoms. The molecule has 0 saturated carbocycles.